The first kappa shape index (κ1) is 18.8. The van der Waals surface area contributed by atoms with E-state index >= 15 is 0 Å². The van der Waals surface area contributed by atoms with Crippen LogP contribution < -0.4 is 15.8 Å². The third-order valence-corrected chi connectivity index (χ3v) is 4.43. The lowest BCUT2D eigenvalue weighted by Crippen LogP contribution is -2.41. The number of aromatic hydroxyl groups is 1. The highest BCUT2D eigenvalue weighted by Crippen LogP contribution is 2.17. The number of benzene rings is 1. The second-order valence-corrected chi connectivity index (χ2v) is 6.34. The van der Waals surface area contributed by atoms with Gasteiger partial charge in [-0.25, -0.2) is 9.37 Å². The number of aryl methyl sites for hydroxylation is 1. The van der Waals surface area contributed by atoms with Crippen molar-refractivity contribution in [3.8, 4) is 5.75 Å². The number of hydrogen-bond donors (Lipinski definition) is 2. The molecule has 144 valence electrons. The molecule has 9 heteroatoms. The van der Waals surface area contributed by atoms with E-state index in [9.17, 15) is 19.1 Å². The summed E-state index contributed by atoms with van der Waals surface area (Å²) >= 11 is 0. The fourth-order valence-electron chi connectivity index (χ4n) is 2.87. The van der Waals surface area contributed by atoms with Gasteiger partial charge in [-0.15, -0.1) is 0 Å². The van der Waals surface area contributed by atoms with E-state index in [1.807, 2.05) is 4.90 Å². The molecular weight excluding hydrogens is 355 g/mol. The average molecular weight is 376 g/mol. The van der Waals surface area contributed by atoms with Crippen molar-refractivity contribution in [2.45, 2.75) is 13.5 Å². The summed E-state index contributed by atoms with van der Waals surface area (Å²) in [6.07, 6.45) is 0. The molecule has 1 aliphatic rings. The number of amides is 1. The molecule has 8 nitrogen and oxygen atoms in total. The van der Waals surface area contributed by atoms with Crippen molar-refractivity contribution in [2.75, 3.05) is 31.2 Å². The van der Waals surface area contributed by atoms with Crippen molar-refractivity contribution in [3.63, 3.8) is 0 Å². The summed E-state index contributed by atoms with van der Waals surface area (Å²) < 4.78 is 19.8. The summed E-state index contributed by atoms with van der Waals surface area (Å²) in [6, 6.07) is 4.49. The molecule has 0 atom stereocenters. The number of ether oxygens (including phenoxy) is 1. The number of rotatable bonds is 4. The van der Waals surface area contributed by atoms with Crippen LogP contribution in [0.3, 0.4) is 0 Å². The SMILES string of the molecule is Cc1cc(CNC(=O)c2nc(N3CCOCC3)n(C)c(=O)c2O)ccc1F. The number of morpholine rings is 1. The predicted octanol–water partition coefficient (Wildman–Crippen LogP) is 0.700. The first-order valence-electron chi connectivity index (χ1n) is 8.54. The van der Waals surface area contributed by atoms with E-state index in [0.29, 0.717) is 43.4 Å². The third-order valence-electron chi connectivity index (χ3n) is 4.43. The van der Waals surface area contributed by atoms with Crippen LogP contribution in [0, 0.1) is 12.7 Å². The Balaban J connectivity index is 1.83. The molecule has 1 amide bonds. The van der Waals surface area contributed by atoms with Crippen molar-refractivity contribution in [3.05, 3.63) is 51.2 Å². The van der Waals surface area contributed by atoms with Crippen molar-refractivity contribution < 1.29 is 19.0 Å². The van der Waals surface area contributed by atoms with Crippen LogP contribution in [-0.4, -0.2) is 46.9 Å². The Hall–Kier alpha value is -2.94. The van der Waals surface area contributed by atoms with Crippen LogP contribution in [0.15, 0.2) is 23.0 Å². The van der Waals surface area contributed by atoms with Crippen LogP contribution in [0.25, 0.3) is 0 Å². The van der Waals surface area contributed by atoms with Crippen molar-refractivity contribution in [1.29, 1.82) is 0 Å². The number of nitrogens with zero attached hydrogens (tertiary/aromatic N) is 3. The smallest absolute Gasteiger partial charge is 0.297 e. The molecule has 0 aliphatic carbocycles. The van der Waals surface area contributed by atoms with E-state index in [-0.39, 0.29) is 18.1 Å². The summed E-state index contributed by atoms with van der Waals surface area (Å²) in [4.78, 5) is 30.8. The topological polar surface area (TPSA) is 96.7 Å². The summed E-state index contributed by atoms with van der Waals surface area (Å²) in [5, 5.41) is 12.7. The number of carbonyl (C=O) groups excluding carboxylic acids is 1. The van der Waals surface area contributed by atoms with Gasteiger partial charge in [-0.2, -0.15) is 0 Å². The maximum atomic E-state index is 13.3. The van der Waals surface area contributed by atoms with Crippen LogP contribution >= 0.6 is 0 Å². The second-order valence-electron chi connectivity index (χ2n) is 6.34. The van der Waals surface area contributed by atoms with Crippen molar-refractivity contribution >= 4 is 11.9 Å². The lowest BCUT2D eigenvalue weighted by molar-refractivity contribution is 0.0942. The third kappa shape index (κ3) is 3.92. The van der Waals surface area contributed by atoms with E-state index in [0.717, 1.165) is 0 Å². The van der Waals surface area contributed by atoms with Crippen LogP contribution in [-0.2, 0) is 18.3 Å². The molecule has 0 unspecified atom stereocenters. The number of carbonyl (C=O) groups is 1. The number of aromatic nitrogens is 2. The van der Waals surface area contributed by atoms with Gasteiger partial charge in [0.15, 0.2) is 5.69 Å². The zero-order valence-electron chi connectivity index (χ0n) is 15.2. The lowest BCUT2D eigenvalue weighted by atomic mass is 10.1. The molecule has 0 bridgehead atoms. The molecule has 0 spiro atoms. The fraction of sp³-hybridized carbons (Fsp3) is 0.389. The molecule has 0 radical (unpaired) electrons. The molecule has 1 saturated heterocycles. The van der Waals surface area contributed by atoms with Gasteiger partial charge in [0.2, 0.25) is 11.7 Å². The quantitative estimate of drug-likeness (QED) is 0.816. The van der Waals surface area contributed by atoms with Crippen LogP contribution in [0.2, 0.25) is 0 Å². The highest BCUT2D eigenvalue weighted by molar-refractivity contribution is 5.95. The van der Waals surface area contributed by atoms with E-state index in [1.54, 1.807) is 19.1 Å². The average Bonchev–Trinajstić information content (AvgIpc) is 2.68. The summed E-state index contributed by atoms with van der Waals surface area (Å²) in [6.45, 7) is 3.78. The lowest BCUT2D eigenvalue weighted by Gasteiger charge is -2.29. The Morgan fingerprint density at radius 1 is 1.37 bits per heavy atom. The number of nitrogens with one attached hydrogen (secondary N) is 1. The minimum atomic E-state index is -0.706. The van der Waals surface area contributed by atoms with Gasteiger partial charge in [0, 0.05) is 26.7 Å². The van der Waals surface area contributed by atoms with Gasteiger partial charge in [-0.1, -0.05) is 12.1 Å². The van der Waals surface area contributed by atoms with Gasteiger partial charge in [0.1, 0.15) is 5.82 Å². The number of hydrogen-bond acceptors (Lipinski definition) is 6. The second kappa shape index (κ2) is 7.75. The Bertz CT molecular complexity index is 922. The molecule has 1 aromatic carbocycles. The highest BCUT2D eigenvalue weighted by Gasteiger charge is 2.23. The van der Waals surface area contributed by atoms with Crippen LogP contribution in [0.4, 0.5) is 10.3 Å². The predicted molar refractivity (Wildman–Crippen MR) is 96.5 cm³/mol. The van der Waals surface area contributed by atoms with Crippen LogP contribution in [0.1, 0.15) is 21.6 Å². The molecule has 2 N–H and O–H groups in total. The molecule has 3 rings (SSSR count). The summed E-state index contributed by atoms with van der Waals surface area (Å²) in [7, 11) is 1.49. The maximum Gasteiger partial charge on any atom is 0.297 e. The number of anilines is 1. The van der Waals surface area contributed by atoms with E-state index in [2.05, 4.69) is 10.3 Å². The van der Waals surface area contributed by atoms with Gasteiger partial charge in [-0.05, 0) is 24.1 Å². The first-order chi connectivity index (χ1) is 12.9. The van der Waals surface area contributed by atoms with Crippen molar-refractivity contribution in [2.24, 2.45) is 7.05 Å². The Morgan fingerprint density at radius 2 is 2.07 bits per heavy atom. The molecule has 2 heterocycles. The molecule has 27 heavy (non-hydrogen) atoms. The van der Waals surface area contributed by atoms with Crippen LogP contribution in [0.5, 0.6) is 5.75 Å². The first-order valence-corrected chi connectivity index (χ1v) is 8.54. The van der Waals surface area contributed by atoms with E-state index < -0.39 is 17.2 Å². The highest BCUT2D eigenvalue weighted by atomic mass is 19.1. The van der Waals surface area contributed by atoms with E-state index in [4.69, 9.17) is 4.74 Å². The monoisotopic (exact) mass is 376 g/mol. The minimum Gasteiger partial charge on any atom is -0.501 e. The molecule has 1 aromatic heterocycles. The van der Waals surface area contributed by atoms with Crippen molar-refractivity contribution in [1.82, 2.24) is 14.9 Å². The number of halogens is 1. The molecule has 1 aliphatic heterocycles. The summed E-state index contributed by atoms with van der Waals surface area (Å²) in [5.41, 5.74) is 0.123. The molecule has 0 saturated carbocycles. The molecule has 1 fully saturated rings. The Labute approximate surface area is 155 Å². The maximum absolute atomic E-state index is 13.3. The van der Waals surface area contributed by atoms with Gasteiger partial charge >= 0.3 is 0 Å². The Morgan fingerprint density at radius 3 is 2.74 bits per heavy atom. The molecule has 2 aromatic rings. The Kier molecular flexibility index (Phi) is 5.41. The van der Waals surface area contributed by atoms with Gasteiger partial charge in [-0.3, -0.25) is 14.2 Å². The zero-order chi connectivity index (χ0) is 19.6. The molecular formula is C18H21FN4O4. The fourth-order valence-corrected chi connectivity index (χ4v) is 2.87. The van der Waals surface area contributed by atoms with Gasteiger partial charge in [0.25, 0.3) is 11.5 Å². The largest absolute Gasteiger partial charge is 0.501 e. The normalized spacial score (nSPS) is 14.3. The zero-order valence-corrected chi connectivity index (χ0v) is 15.2. The standard InChI is InChI=1S/C18H21FN4O4/c1-11-9-12(3-4-13(11)19)10-20-16(25)14-15(24)17(26)22(2)18(21-14)23-5-7-27-8-6-23/h3-4,9,24H,5-8,10H2,1-2H3,(H,20,25). The van der Waals surface area contributed by atoms with E-state index in [1.165, 1.54) is 17.7 Å². The van der Waals surface area contributed by atoms with Gasteiger partial charge < -0.3 is 20.1 Å². The summed E-state index contributed by atoms with van der Waals surface area (Å²) in [5.74, 6) is -1.42. The van der Waals surface area contributed by atoms with Gasteiger partial charge in [0.05, 0.1) is 13.2 Å². The minimum absolute atomic E-state index is 0.114.